The number of guanidine groups is 1. The van der Waals surface area contributed by atoms with Crippen LogP contribution < -0.4 is 10.6 Å². The molecule has 2 aliphatic heterocycles. The molecule has 2 N–H and O–H groups in total. The number of hydrogen-bond acceptors (Lipinski definition) is 3. The van der Waals surface area contributed by atoms with E-state index in [9.17, 15) is 4.79 Å². The molecule has 0 spiro atoms. The Balaban J connectivity index is 1.95. The van der Waals surface area contributed by atoms with Gasteiger partial charge in [0.15, 0.2) is 5.96 Å². The first-order chi connectivity index (χ1) is 13.5. The molecule has 1 amide bonds. The Morgan fingerprint density at radius 1 is 1.07 bits per heavy atom. The minimum Gasteiger partial charge on any atom is -0.359 e. The maximum Gasteiger partial charge on any atom is 0.220 e. The quantitative estimate of drug-likeness (QED) is 0.516. The Kier molecular flexibility index (Phi) is 10.1. The van der Waals surface area contributed by atoms with Crippen molar-refractivity contribution < 1.29 is 4.79 Å². The number of hydrogen-bond donors (Lipinski definition) is 2. The average Bonchev–Trinajstić information content (AvgIpc) is 2.97. The zero-order valence-electron chi connectivity index (χ0n) is 18.7. The fourth-order valence-electron chi connectivity index (χ4n) is 4.49. The third-order valence-electron chi connectivity index (χ3n) is 6.31. The van der Waals surface area contributed by atoms with Gasteiger partial charge in [-0.2, -0.15) is 0 Å². The number of piperidine rings is 1. The molecule has 0 aromatic heterocycles. The van der Waals surface area contributed by atoms with Gasteiger partial charge in [0.05, 0.1) is 6.54 Å². The third-order valence-corrected chi connectivity index (χ3v) is 6.31. The molecule has 2 heterocycles. The maximum absolute atomic E-state index is 11.6. The molecule has 0 aliphatic carbocycles. The minimum atomic E-state index is 0.163. The molecule has 2 fully saturated rings. The van der Waals surface area contributed by atoms with E-state index in [1.807, 2.05) is 0 Å². The summed E-state index contributed by atoms with van der Waals surface area (Å²) >= 11 is 0. The van der Waals surface area contributed by atoms with E-state index >= 15 is 0 Å². The van der Waals surface area contributed by atoms with E-state index in [0.717, 1.165) is 45.0 Å². The highest BCUT2D eigenvalue weighted by molar-refractivity contribution is 5.80. The number of amides is 1. The number of rotatable bonds is 7. The molecule has 0 radical (unpaired) electrons. The van der Waals surface area contributed by atoms with Gasteiger partial charge in [-0.1, -0.05) is 26.7 Å². The molecule has 2 rings (SSSR count). The van der Waals surface area contributed by atoms with Crippen LogP contribution in [0.25, 0.3) is 0 Å². The van der Waals surface area contributed by atoms with Crippen LogP contribution in [0.1, 0.15) is 65.7 Å². The van der Waals surface area contributed by atoms with Gasteiger partial charge in [-0.15, -0.1) is 0 Å². The van der Waals surface area contributed by atoms with E-state index in [1.54, 1.807) is 7.05 Å². The molecule has 0 saturated carbocycles. The second-order valence-corrected chi connectivity index (χ2v) is 8.76. The molecule has 1 atom stereocenters. The van der Waals surface area contributed by atoms with Gasteiger partial charge in [0.2, 0.25) is 5.91 Å². The summed E-state index contributed by atoms with van der Waals surface area (Å²) in [6.45, 7) is 13.0. The number of nitrogens with one attached hydrogen (secondary N) is 2. The molecule has 1 unspecified atom stereocenters. The van der Waals surface area contributed by atoms with E-state index in [0.29, 0.717) is 24.3 Å². The number of carbonyl (C=O) groups is 1. The highest BCUT2D eigenvalue weighted by Gasteiger charge is 2.25. The molecule has 0 aromatic rings. The smallest absolute Gasteiger partial charge is 0.220 e. The predicted octanol–water partition coefficient (Wildman–Crippen LogP) is 2.70. The summed E-state index contributed by atoms with van der Waals surface area (Å²) in [6, 6.07) is 0.526. The Labute approximate surface area is 172 Å². The molecular weight excluding hydrogens is 350 g/mol. The second kappa shape index (κ2) is 12.3. The minimum absolute atomic E-state index is 0.163. The van der Waals surface area contributed by atoms with Crippen LogP contribution in [-0.2, 0) is 4.79 Å². The fourth-order valence-corrected chi connectivity index (χ4v) is 4.49. The van der Waals surface area contributed by atoms with Crippen LogP contribution in [0, 0.1) is 11.8 Å². The largest absolute Gasteiger partial charge is 0.359 e. The van der Waals surface area contributed by atoms with Crippen molar-refractivity contribution >= 4 is 11.9 Å². The van der Waals surface area contributed by atoms with Crippen LogP contribution >= 0.6 is 0 Å². The summed E-state index contributed by atoms with van der Waals surface area (Å²) in [5, 5.41) is 6.26. The van der Waals surface area contributed by atoms with E-state index in [-0.39, 0.29) is 5.91 Å². The van der Waals surface area contributed by atoms with Crippen LogP contribution in [0.4, 0.5) is 0 Å². The number of carbonyl (C=O) groups excluding carboxylic acids is 1. The second-order valence-electron chi connectivity index (χ2n) is 8.76. The summed E-state index contributed by atoms with van der Waals surface area (Å²) in [5.74, 6) is 2.33. The van der Waals surface area contributed by atoms with Crippen molar-refractivity contribution in [2.24, 2.45) is 16.8 Å². The zero-order chi connectivity index (χ0) is 20.4. The monoisotopic (exact) mass is 393 g/mol. The van der Waals surface area contributed by atoms with Gasteiger partial charge in [-0.3, -0.25) is 14.7 Å². The van der Waals surface area contributed by atoms with Gasteiger partial charge in [0.1, 0.15) is 0 Å². The van der Waals surface area contributed by atoms with Crippen molar-refractivity contribution in [1.82, 2.24) is 20.4 Å². The molecule has 0 aromatic carbocycles. The average molecular weight is 394 g/mol. The number of likely N-dealkylation sites (tertiary alicyclic amines) is 2. The van der Waals surface area contributed by atoms with Crippen LogP contribution in [0.2, 0.25) is 0 Å². The lowest BCUT2D eigenvalue weighted by molar-refractivity contribution is -0.121. The Hall–Kier alpha value is -1.30. The van der Waals surface area contributed by atoms with E-state index in [2.05, 4.69) is 41.2 Å². The summed E-state index contributed by atoms with van der Waals surface area (Å²) in [6.07, 6.45) is 8.19. The molecule has 162 valence electrons. The Morgan fingerprint density at radius 2 is 1.71 bits per heavy atom. The van der Waals surface area contributed by atoms with Crippen molar-refractivity contribution in [2.75, 3.05) is 46.3 Å². The van der Waals surface area contributed by atoms with E-state index < -0.39 is 0 Å². The zero-order valence-corrected chi connectivity index (χ0v) is 18.7. The van der Waals surface area contributed by atoms with Gasteiger partial charge in [0.25, 0.3) is 0 Å². The van der Waals surface area contributed by atoms with Gasteiger partial charge >= 0.3 is 0 Å². The molecule has 6 heteroatoms. The molecule has 2 aliphatic rings. The summed E-state index contributed by atoms with van der Waals surface area (Å²) in [7, 11) is 1.73. The normalized spacial score (nSPS) is 21.5. The first-order valence-electron chi connectivity index (χ1n) is 11.5. The van der Waals surface area contributed by atoms with Crippen LogP contribution in [0.3, 0.4) is 0 Å². The van der Waals surface area contributed by atoms with Crippen LogP contribution in [0.15, 0.2) is 4.99 Å². The standard InChI is InChI=1S/C22H43N5O/c1-5-24-22(27-14-10-19(11-15-27)16-21(28)23-4)25-17-20(18(2)3)26-12-8-6-7-9-13-26/h18-20H,5-17H2,1-4H3,(H,23,28)(H,24,25). The SMILES string of the molecule is CCNC(=NCC(C(C)C)N1CCCCCC1)N1CCC(CC(=O)NC)CC1. The van der Waals surface area contributed by atoms with E-state index in [1.165, 1.54) is 38.8 Å². The highest BCUT2D eigenvalue weighted by Crippen LogP contribution is 2.21. The van der Waals surface area contributed by atoms with Crippen molar-refractivity contribution in [2.45, 2.75) is 71.8 Å². The summed E-state index contributed by atoms with van der Waals surface area (Å²) in [4.78, 5) is 21.8. The molecule has 2 saturated heterocycles. The van der Waals surface area contributed by atoms with Crippen LogP contribution in [-0.4, -0.2) is 74.0 Å². The van der Waals surface area contributed by atoms with E-state index in [4.69, 9.17) is 4.99 Å². The lowest BCUT2D eigenvalue weighted by Crippen LogP contribution is -2.47. The van der Waals surface area contributed by atoms with Crippen molar-refractivity contribution in [3.8, 4) is 0 Å². The number of nitrogens with zero attached hydrogens (tertiary/aromatic N) is 3. The van der Waals surface area contributed by atoms with Crippen molar-refractivity contribution in [3.05, 3.63) is 0 Å². The third kappa shape index (κ3) is 7.26. The lowest BCUT2D eigenvalue weighted by atomic mass is 9.93. The van der Waals surface area contributed by atoms with Crippen molar-refractivity contribution in [3.63, 3.8) is 0 Å². The molecule has 6 nitrogen and oxygen atoms in total. The lowest BCUT2D eigenvalue weighted by Gasteiger charge is -2.35. The first kappa shape index (κ1) is 23.0. The topological polar surface area (TPSA) is 60.0 Å². The number of aliphatic imine (C=N–C) groups is 1. The summed E-state index contributed by atoms with van der Waals surface area (Å²) < 4.78 is 0. The molecule has 0 bridgehead atoms. The van der Waals surface area contributed by atoms with Gasteiger partial charge < -0.3 is 15.5 Å². The van der Waals surface area contributed by atoms with Crippen LogP contribution in [0.5, 0.6) is 0 Å². The van der Waals surface area contributed by atoms with Gasteiger partial charge in [-0.05, 0) is 57.5 Å². The fraction of sp³-hybridized carbons (Fsp3) is 0.909. The molecular formula is C22H43N5O. The first-order valence-corrected chi connectivity index (χ1v) is 11.5. The summed E-state index contributed by atoms with van der Waals surface area (Å²) in [5.41, 5.74) is 0. The Morgan fingerprint density at radius 3 is 2.25 bits per heavy atom. The van der Waals surface area contributed by atoms with Gasteiger partial charge in [0, 0.05) is 39.1 Å². The Bertz CT molecular complexity index is 477. The van der Waals surface area contributed by atoms with Gasteiger partial charge in [-0.25, -0.2) is 0 Å². The predicted molar refractivity (Wildman–Crippen MR) is 118 cm³/mol. The maximum atomic E-state index is 11.6. The molecule has 28 heavy (non-hydrogen) atoms. The van der Waals surface area contributed by atoms with Crippen molar-refractivity contribution in [1.29, 1.82) is 0 Å². The highest BCUT2D eigenvalue weighted by atomic mass is 16.1.